The highest BCUT2D eigenvalue weighted by Gasteiger charge is 2.32. The fourth-order valence-electron chi connectivity index (χ4n) is 4.09. The summed E-state index contributed by atoms with van der Waals surface area (Å²) in [5, 5.41) is 6.90. The second-order valence-corrected chi connectivity index (χ2v) is 7.88. The van der Waals surface area contributed by atoms with E-state index in [0.717, 1.165) is 57.7 Å². The minimum absolute atomic E-state index is 0.468. The first-order chi connectivity index (χ1) is 12.9. The predicted molar refractivity (Wildman–Crippen MR) is 104 cm³/mol. The molecule has 158 valence electrons. The van der Waals surface area contributed by atoms with Crippen molar-refractivity contribution < 1.29 is 13.2 Å². The van der Waals surface area contributed by atoms with E-state index in [0.29, 0.717) is 25.0 Å². The number of piperidine rings is 2. The molecule has 0 atom stereocenters. The Morgan fingerprint density at radius 2 is 1.67 bits per heavy atom. The van der Waals surface area contributed by atoms with Gasteiger partial charge in [-0.3, -0.25) is 9.89 Å². The molecule has 2 N–H and O–H groups in total. The number of aliphatic imine (C=N–C) groups is 1. The number of nitrogens with zero attached hydrogens (tertiary/aromatic N) is 3. The number of rotatable bonds is 7. The summed E-state index contributed by atoms with van der Waals surface area (Å²) in [5.41, 5.74) is 0. The highest BCUT2D eigenvalue weighted by molar-refractivity contribution is 5.79. The molecular weight excluding hydrogens is 355 g/mol. The van der Waals surface area contributed by atoms with Gasteiger partial charge in [-0.1, -0.05) is 6.92 Å². The summed E-state index contributed by atoms with van der Waals surface area (Å²) in [6, 6.07) is 0.468. The number of likely N-dealkylation sites (tertiary alicyclic amines) is 2. The molecule has 2 aliphatic heterocycles. The molecule has 0 bridgehead atoms. The Labute approximate surface area is 161 Å². The van der Waals surface area contributed by atoms with Crippen molar-refractivity contribution in [3.05, 3.63) is 0 Å². The van der Waals surface area contributed by atoms with Crippen LogP contribution in [0.1, 0.15) is 45.4 Å². The summed E-state index contributed by atoms with van der Waals surface area (Å²) in [7, 11) is 1.79. The van der Waals surface area contributed by atoms with Crippen LogP contribution in [0.3, 0.4) is 0 Å². The smallest absolute Gasteiger partial charge is 0.356 e. The van der Waals surface area contributed by atoms with E-state index in [1.807, 2.05) is 0 Å². The second-order valence-electron chi connectivity index (χ2n) is 7.88. The zero-order valence-electron chi connectivity index (χ0n) is 16.8. The molecule has 0 aromatic heterocycles. The molecule has 0 aromatic rings. The standard InChI is InChI=1S/C19H36F3N5/c1-3-10-26-13-7-17(8-14-26)25-18(23-2)24-9-4-16-5-11-27(12-6-16)15-19(20,21)22/h16-17H,3-15H2,1-2H3,(H2,23,24,25). The lowest BCUT2D eigenvalue weighted by atomic mass is 9.93. The molecule has 2 rings (SSSR count). The number of halogens is 3. The molecule has 0 amide bonds. The van der Waals surface area contributed by atoms with Crippen LogP contribution >= 0.6 is 0 Å². The fourth-order valence-corrected chi connectivity index (χ4v) is 4.09. The molecule has 0 saturated carbocycles. The molecule has 2 heterocycles. The Bertz CT molecular complexity index is 439. The Hall–Kier alpha value is -1.02. The molecule has 0 radical (unpaired) electrons. The lowest BCUT2D eigenvalue weighted by Gasteiger charge is -2.33. The lowest BCUT2D eigenvalue weighted by molar-refractivity contribution is -0.148. The van der Waals surface area contributed by atoms with Gasteiger partial charge in [0.05, 0.1) is 6.54 Å². The van der Waals surface area contributed by atoms with Crippen molar-refractivity contribution in [3.8, 4) is 0 Å². The van der Waals surface area contributed by atoms with E-state index in [2.05, 4.69) is 27.4 Å². The van der Waals surface area contributed by atoms with Crippen molar-refractivity contribution in [2.24, 2.45) is 10.9 Å². The zero-order chi connectivity index (χ0) is 19.7. The first-order valence-electron chi connectivity index (χ1n) is 10.4. The zero-order valence-corrected chi connectivity index (χ0v) is 16.8. The first-order valence-corrected chi connectivity index (χ1v) is 10.4. The number of guanidine groups is 1. The topological polar surface area (TPSA) is 42.9 Å². The van der Waals surface area contributed by atoms with Gasteiger partial charge in [-0.05, 0) is 64.1 Å². The monoisotopic (exact) mass is 391 g/mol. The maximum absolute atomic E-state index is 12.4. The second kappa shape index (κ2) is 11.1. The first kappa shape index (κ1) is 22.3. The van der Waals surface area contributed by atoms with Crippen LogP contribution in [-0.4, -0.2) is 80.8 Å². The summed E-state index contributed by atoms with van der Waals surface area (Å²) < 4.78 is 37.3. The number of alkyl halides is 3. The van der Waals surface area contributed by atoms with Crippen molar-refractivity contribution in [1.29, 1.82) is 0 Å². The van der Waals surface area contributed by atoms with Crippen LogP contribution in [0.5, 0.6) is 0 Å². The van der Waals surface area contributed by atoms with Gasteiger partial charge >= 0.3 is 6.18 Å². The summed E-state index contributed by atoms with van der Waals surface area (Å²) >= 11 is 0. The van der Waals surface area contributed by atoms with E-state index < -0.39 is 12.7 Å². The minimum atomic E-state index is -4.08. The molecular formula is C19H36F3N5. The molecule has 2 aliphatic rings. The van der Waals surface area contributed by atoms with Crippen LogP contribution in [0, 0.1) is 5.92 Å². The normalized spacial score (nSPS) is 22.2. The summed E-state index contributed by atoms with van der Waals surface area (Å²) in [6.45, 7) is 6.82. The van der Waals surface area contributed by atoms with Crippen LogP contribution < -0.4 is 10.6 Å². The van der Waals surface area contributed by atoms with E-state index in [-0.39, 0.29) is 0 Å². The van der Waals surface area contributed by atoms with Crippen LogP contribution in [-0.2, 0) is 0 Å². The SMILES string of the molecule is CCCN1CCC(NC(=NC)NCCC2CCN(CC(F)(F)F)CC2)CC1. The number of hydrogen-bond acceptors (Lipinski definition) is 3. The highest BCUT2D eigenvalue weighted by Crippen LogP contribution is 2.24. The Balaban J connectivity index is 1.59. The Kier molecular flexibility index (Phi) is 9.15. The molecule has 0 aromatic carbocycles. The summed E-state index contributed by atoms with van der Waals surface area (Å²) in [6.07, 6.45) is 2.07. The maximum Gasteiger partial charge on any atom is 0.401 e. The van der Waals surface area contributed by atoms with E-state index in [1.54, 1.807) is 7.05 Å². The van der Waals surface area contributed by atoms with Crippen molar-refractivity contribution >= 4 is 5.96 Å². The van der Waals surface area contributed by atoms with Gasteiger partial charge in [-0.2, -0.15) is 13.2 Å². The average molecular weight is 392 g/mol. The molecule has 5 nitrogen and oxygen atoms in total. The molecule has 8 heteroatoms. The Morgan fingerprint density at radius 1 is 1.04 bits per heavy atom. The fraction of sp³-hybridized carbons (Fsp3) is 0.947. The van der Waals surface area contributed by atoms with Crippen LogP contribution in [0.4, 0.5) is 13.2 Å². The van der Waals surface area contributed by atoms with Gasteiger partial charge in [-0.15, -0.1) is 0 Å². The molecule has 2 saturated heterocycles. The number of hydrogen-bond donors (Lipinski definition) is 2. The largest absolute Gasteiger partial charge is 0.401 e. The third-order valence-corrected chi connectivity index (χ3v) is 5.65. The highest BCUT2D eigenvalue weighted by atomic mass is 19.4. The van der Waals surface area contributed by atoms with Crippen molar-refractivity contribution in [3.63, 3.8) is 0 Å². The lowest BCUT2D eigenvalue weighted by Crippen LogP contribution is -2.49. The van der Waals surface area contributed by atoms with Crippen molar-refractivity contribution in [1.82, 2.24) is 20.4 Å². The van der Waals surface area contributed by atoms with Crippen LogP contribution in [0.25, 0.3) is 0 Å². The van der Waals surface area contributed by atoms with Gasteiger partial charge in [-0.25, -0.2) is 0 Å². The predicted octanol–water partition coefficient (Wildman–Crippen LogP) is 2.69. The van der Waals surface area contributed by atoms with Gasteiger partial charge in [0.1, 0.15) is 0 Å². The van der Waals surface area contributed by atoms with Crippen LogP contribution in [0.2, 0.25) is 0 Å². The maximum atomic E-state index is 12.4. The molecule has 27 heavy (non-hydrogen) atoms. The molecule has 2 fully saturated rings. The molecule has 0 spiro atoms. The van der Waals surface area contributed by atoms with Crippen molar-refractivity contribution in [2.45, 2.75) is 57.7 Å². The Morgan fingerprint density at radius 3 is 2.22 bits per heavy atom. The molecule has 0 aliphatic carbocycles. The van der Waals surface area contributed by atoms with Gasteiger partial charge in [0, 0.05) is 32.7 Å². The third kappa shape index (κ3) is 8.68. The van der Waals surface area contributed by atoms with E-state index in [9.17, 15) is 13.2 Å². The van der Waals surface area contributed by atoms with Crippen LogP contribution in [0.15, 0.2) is 4.99 Å². The quantitative estimate of drug-likeness (QED) is 0.517. The summed E-state index contributed by atoms with van der Waals surface area (Å²) in [5.74, 6) is 1.34. The number of nitrogens with one attached hydrogen (secondary N) is 2. The average Bonchev–Trinajstić information content (AvgIpc) is 2.63. The third-order valence-electron chi connectivity index (χ3n) is 5.65. The molecule has 0 unspecified atom stereocenters. The minimum Gasteiger partial charge on any atom is -0.356 e. The van der Waals surface area contributed by atoms with E-state index in [4.69, 9.17) is 0 Å². The summed E-state index contributed by atoms with van der Waals surface area (Å²) in [4.78, 5) is 8.36. The van der Waals surface area contributed by atoms with E-state index >= 15 is 0 Å². The van der Waals surface area contributed by atoms with Gasteiger partial charge < -0.3 is 15.5 Å². The van der Waals surface area contributed by atoms with Gasteiger partial charge in [0.15, 0.2) is 5.96 Å². The van der Waals surface area contributed by atoms with Crippen molar-refractivity contribution in [2.75, 3.05) is 52.9 Å². The van der Waals surface area contributed by atoms with E-state index in [1.165, 1.54) is 17.9 Å². The van der Waals surface area contributed by atoms with Gasteiger partial charge in [0.25, 0.3) is 0 Å². The van der Waals surface area contributed by atoms with Gasteiger partial charge in [0.2, 0.25) is 0 Å².